The SMILES string of the molecule is N#Cc1cccc(-c2ccc(CN(CC(=O)Nc3cc(Cl)cc(Cl)c3)C(=O)C3CN(C4CCCC4)C3)cc2)c1. The van der Waals surface area contributed by atoms with Gasteiger partial charge in [0, 0.05) is 41.4 Å². The minimum atomic E-state index is -0.307. The van der Waals surface area contributed by atoms with Crippen LogP contribution in [0.15, 0.2) is 66.7 Å². The zero-order chi connectivity index (χ0) is 27.4. The highest BCUT2D eigenvalue weighted by Gasteiger charge is 2.39. The van der Waals surface area contributed by atoms with Crippen molar-refractivity contribution >= 4 is 40.7 Å². The van der Waals surface area contributed by atoms with Gasteiger partial charge in [0.05, 0.1) is 17.6 Å². The van der Waals surface area contributed by atoms with Gasteiger partial charge in [-0.25, -0.2) is 0 Å². The molecule has 0 unspecified atom stereocenters. The number of carbonyl (C=O) groups excluding carboxylic acids is 2. The van der Waals surface area contributed by atoms with Crippen molar-refractivity contribution in [1.29, 1.82) is 5.26 Å². The van der Waals surface area contributed by atoms with Crippen molar-refractivity contribution in [1.82, 2.24) is 9.80 Å². The molecule has 1 aliphatic heterocycles. The average Bonchev–Trinajstić information content (AvgIpc) is 3.41. The van der Waals surface area contributed by atoms with Crippen molar-refractivity contribution < 1.29 is 9.59 Å². The first kappa shape index (κ1) is 27.2. The van der Waals surface area contributed by atoms with Gasteiger partial charge < -0.3 is 10.2 Å². The van der Waals surface area contributed by atoms with Gasteiger partial charge in [-0.15, -0.1) is 0 Å². The van der Waals surface area contributed by atoms with Gasteiger partial charge in [-0.05, 0) is 59.9 Å². The number of halogens is 2. The summed E-state index contributed by atoms with van der Waals surface area (Å²) in [6.45, 7) is 1.75. The number of hydrogen-bond donors (Lipinski definition) is 1. The number of likely N-dealkylation sites (tertiary alicyclic amines) is 1. The molecule has 2 fully saturated rings. The molecule has 1 aliphatic carbocycles. The van der Waals surface area contributed by atoms with Crippen LogP contribution in [0.4, 0.5) is 5.69 Å². The highest BCUT2D eigenvalue weighted by Crippen LogP contribution is 2.31. The lowest BCUT2D eigenvalue weighted by atomic mass is 9.95. The molecule has 200 valence electrons. The van der Waals surface area contributed by atoms with E-state index in [1.807, 2.05) is 42.5 Å². The summed E-state index contributed by atoms with van der Waals surface area (Å²) in [6, 6.07) is 23.0. The van der Waals surface area contributed by atoms with Crippen LogP contribution in [0.1, 0.15) is 36.8 Å². The molecule has 1 heterocycles. The summed E-state index contributed by atoms with van der Waals surface area (Å²) in [7, 11) is 0. The monoisotopic (exact) mass is 560 g/mol. The zero-order valence-corrected chi connectivity index (χ0v) is 23.1. The molecule has 6 nitrogen and oxygen atoms in total. The van der Waals surface area contributed by atoms with Gasteiger partial charge in [-0.1, -0.05) is 72.4 Å². The van der Waals surface area contributed by atoms with Gasteiger partial charge in [0.15, 0.2) is 0 Å². The van der Waals surface area contributed by atoms with Crippen LogP contribution in [0.2, 0.25) is 10.0 Å². The molecule has 0 atom stereocenters. The van der Waals surface area contributed by atoms with Crippen molar-refractivity contribution in [2.75, 3.05) is 25.0 Å². The average molecular weight is 562 g/mol. The predicted octanol–water partition coefficient (Wildman–Crippen LogP) is 6.37. The molecule has 2 amide bonds. The molecule has 5 rings (SSSR count). The molecule has 2 aliphatic rings. The first-order valence-corrected chi connectivity index (χ1v) is 14.0. The fourth-order valence-electron chi connectivity index (χ4n) is 5.50. The number of nitriles is 1. The molecule has 0 aromatic heterocycles. The van der Waals surface area contributed by atoms with E-state index in [9.17, 15) is 14.9 Å². The van der Waals surface area contributed by atoms with Crippen molar-refractivity contribution in [2.24, 2.45) is 5.92 Å². The van der Waals surface area contributed by atoms with E-state index in [0.717, 1.165) is 29.8 Å². The van der Waals surface area contributed by atoms with Gasteiger partial charge in [0.25, 0.3) is 0 Å². The molecular formula is C31H30Cl2N4O2. The van der Waals surface area contributed by atoms with Crippen LogP contribution in [-0.2, 0) is 16.1 Å². The summed E-state index contributed by atoms with van der Waals surface area (Å²) in [4.78, 5) is 30.7. The van der Waals surface area contributed by atoms with Gasteiger partial charge in [-0.3, -0.25) is 14.5 Å². The number of nitrogens with one attached hydrogen (secondary N) is 1. The Hall–Kier alpha value is -3.37. The molecule has 0 spiro atoms. The van der Waals surface area contributed by atoms with E-state index < -0.39 is 0 Å². The van der Waals surface area contributed by atoms with E-state index in [-0.39, 0.29) is 24.3 Å². The lowest BCUT2D eigenvalue weighted by molar-refractivity contribution is -0.145. The minimum Gasteiger partial charge on any atom is -0.329 e. The number of benzene rings is 3. The first-order valence-electron chi connectivity index (χ1n) is 13.3. The largest absolute Gasteiger partial charge is 0.329 e. The van der Waals surface area contributed by atoms with Crippen LogP contribution >= 0.6 is 23.2 Å². The Bertz CT molecular complexity index is 1370. The van der Waals surface area contributed by atoms with E-state index in [1.165, 1.54) is 25.7 Å². The lowest BCUT2D eigenvalue weighted by Crippen LogP contribution is -2.57. The third-order valence-corrected chi connectivity index (χ3v) is 7.98. The van der Waals surface area contributed by atoms with Crippen molar-refractivity contribution in [3.05, 3.63) is 87.9 Å². The standard InChI is InChI=1S/C31H30Cl2N4O2/c32-26-13-27(33)15-28(14-26)35-30(38)20-37(31(39)25-18-36(19-25)29-6-1-2-7-29)17-21-8-10-23(11-9-21)24-5-3-4-22(12-24)16-34/h3-5,8-15,25,29H,1-2,6-7,17-20H2,(H,35,38). The zero-order valence-electron chi connectivity index (χ0n) is 21.6. The Morgan fingerprint density at radius 2 is 1.64 bits per heavy atom. The van der Waals surface area contributed by atoms with Crippen LogP contribution in [0, 0.1) is 17.2 Å². The van der Waals surface area contributed by atoms with Crippen LogP contribution in [-0.4, -0.2) is 47.3 Å². The Balaban J connectivity index is 1.29. The molecule has 39 heavy (non-hydrogen) atoms. The molecule has 1 saturated carbocycles. The van der Waals surface area contributed by atoms with Crippen LogP contribution in [0.5, 0.6) is 0 Å². The second-order valence-corrected chi connectivity index (χ2v) is 11.3. The molecule has 1 N–H and O–H groups in total. The maximum Gasteiger partial charge on any atom is 0.244 e. The van der Waals surface area contributed by atoms with Crippen molar-refractivity contribution in [3.8, 4) is 17.2 Å². The van der Waals surface area contributed by atoms with Gasteiger partial charge in [-0.2, -0.15) is 5.26 Å². The van der Waals surface area contributed by atoms with Crippen molar-refractivity contribution in [2.45, 2.75) is 38.3 Å². The summed E-state index contributed by atoms with van der Waals surface area (Å²) < 4.78 is 0. The summed E-state index contributed by atoms with van der Waals surface area (Å²) in [5.74, 6) is -0.417. The Labute approximate surface area is 239 Å². The third kappa shape index (κ3) is 6.80. The number of amides is 2. The van der Waals surface area contributed by atoms with E-state index in [4.69, 9.17) is 23.2 Å². The predicted molar refractivity (Wildman–Crippen MR) is 154 cm³/mol. The van der Waals surface area contributed by atoms with E-state index in [0.29, 0.717) is 33.9 Å². The van der Waals surface area contributed by atoms with E-state index in [2.05, 4.69) is 16.3 Å². The molecule has 8 heteroatoms. The highest BCUT2D eigenvalue weighted by molar-refractivity contribution is 6.35. The van der Waals surface area contributed by atoms with E-state index in [1.54, 1.807) is 29.2 Å². The fourth-order valence-corrected chi connectivity index (χ4v) is 6.02. The molecule has 0 radical (unpaired) electrons. The summed E-state index contributed by atoms with van der Waals surface area (Å²) in [5.41, 5.74) is 3.96. The van der Waals surface area contributed by atoms with Crippen LogP contribution in [0.25, 0.3) is 11.1 Å². The number of nitrogens with zero attached hydrogens (tertiary/aromatic N) is 3. The highest BCUT2D eigenvalue weighted by atomic mass is 35.5. The second kappa shape index (κ2) is 12.2. The normalized spacial score (nSPS) is 15.9. The van der Waals surface area contributed by atoms with Gasteiger partial charge in [0.2, 0.25) is 11.8 Å². The summed E-state index contributed by atoms with van der Waals surface area (Å²) in [6.07, 6.45) is 4.94. The van der Waals surface area contributed by atoms with Crippen LogP contribution in [0.3, 0.4) is 0 Å². The Morgan fingerprint density at radius 3 is 2.31 bits per heavy atom. The number of carbonyl (C=O) groups is 2. The van der Waals surface area contributed by atoms with Gasteiger partial charge >= 0.3 is 0 Å². The number of rotatable bonds is 8. The third-order valence-electron chi connectivity index (χ3n) is 7.54. The molecule has 3 aromatic rings. The topological polar surface area (TPSA) is 76.4 Å². The first-order chi connectivity index (χ1) is 18.9. The Morgan fingerprint density at radius 1 is 0.949 bits per heavy atom. The number of hydrogen-bond acceptors (Lipinski definition) is 4. The van der Waals surface area contributed by atoms with Crippen molar-refractivity contribution in [3.63, 3.8) is 0 Å². The van der Waals surface area contributed by atoms with E-state index >= 15 is 0 Å². The quantitative estimate of drug-likeness (QED) is 0.347. The molecule has 3 aromatic carbocycles. The molecular weight excluding hydrogens is 531 g/mol. The van der Waals surface area contributed by atoms with Gasteiger partial charge in [0.1, 0.15) is 6.54 Å². The summed E-state index contributed by atoms with van der Waals surface area (Å²) in [5, 5.41) is 12.9. The smallest absolute Gasteiger partial charge is 0.244 e. The fraction of sp³-hybridized carbons (Fsp3) is 0.323. The number of anilines is 1. The minimum absolute atomic E-state index is 0.00526. The molecule has 0 bridgehead atoms. The summed E-state index contributed by atoms with van der Waals surface area (Å²) >= 11 is 12.2. The Kier molecular flexibility index (Phi) is 8.52. The maximum absolute atomic E-state index is 13.6. The second-order valence-electron chi connectivity index (χ2n) is 10.4. The lowest BCUT2D eigenvalue weighted by Gasteiger charge is -2.44. The van der Waals surface area contributed by atoms with Crippen LogP contribution < -0.4 is 5.32 Å². The maximum atomic E-state index is 13.6. The molecule has 1 saturated heterocycles.